The van der Waals surface area contributed by atoms with Crippen LogP contribution in [0.1, 0.15) is 26.5 Å². The van der Waals surface area contributed by atoms with Crippen LogP contribution in [0.2, 0.25) is 0 Å². The van der Waals surface area contributed by atoms with E-state index in [1.165, 1.54) is 13.4 Å². The maximum atomic E-state index is 12.2. The van der Waals surface area contributed by atoms with Gasteiger partial charge in [-0.1, -0.05) is 12.1 Å². The molecule has 1 fully saturated rings. The SMILES string of the molecule is COC(=O)c1ccc(CN2CCN(C(=O)c3ccco3)CC2)cc1. The molecule has 1 amide bonds. The van der Waals surface area contributed by atoms with E-state index in [9.17, 15) is 9.59 Å². The molecule has 0 atom stereocenters. The van der Waals surface area contributed by atoms with Gasteiger partial charge >= 0.3 is 5.97 Å². The zero-order valence-corrected chi connectivity index (χ0v) is 13.6. The number of piperazine rings is 1. The van der Waals surface area contributed by atoms with Crippen molar-refractivity contribution in [1.29, 1.82) is 0 Å². The number of methoxy groups -OCH3 is 1. The summed E-state index contributed by atoms with van der Waals surface area (Å²) in [4.78, 5) is 27.8. The number of nitrogens with zero attached hydrogens (tertiary/aromatic N) is 2. The van der Waals surface area contributed by atoms with Gasteiger partial charge in [0, 0.05) is 32.7 Å². The molecular formula is C18H20N2O4. The van der Waals surface area contributed by atoms with Crippen LogP contribution in [0, 0.1) is 0 Å². The van der Waals surface area contributed by atoms with Crippen molar-refractivity contribution in [3.8, 4) is 0 Å². The molecule has 0 unspecified atom stereocenters. The van der Waals surface area contributed by atoms with Crippen LogP contribution >= 0.6 is 0 Å². The lowest BCUT2D eigenvalue weighted by Gasteiger charge is -2.34. The van der Waals surface area contributed by atoms with E-state index in [2.05, 4.69) is 4.90 Å². The van der Waals surface area contributed by atoms with Gasteiger partial charge in [-0.2, -0.15) is 0 Å². The Morgan fingerprint density at radius 1 is 1.08 bits per heavy atom. The molecule has 1 aromatic heterocycles. The van der Waals surface area contributed by atoms with Gasteiger partial charge in [0.15, 0.2) is 5.76 Å². The summed E-state index contributed by atoms with van der Waals surface area (Å²) >= 11 is 0. The molecule has 3 rings (SSSR count). The van der Waals surface area contributed by atoms with E-state index in [0.29, 0.717) is 24.4 Å². The third-order valence-electron chi connectivity index (χ3n) is 4.17. The number of carbonyl (C=O) groups is 2. The fourth-order valence-corrected chi connectivity index (χ4v) is 2.79. The summed E-state index contributed by atoms with van der Waals surface area (Å²) in [7, 11) is 1.37. The molecule has 0 spiro atoms. The number of rotatable bonds is 4. The van der Waals surface area contributed by atoms with E-state index < -0.39 is 0 Å². The first-order chi connectivity index (χ1) is 11.7. The lowest BCUT2D eigenvalue weighted by Crippen LogP contribution is -2.48. The Morgan fingerprint density at radius 2 is 1.79 bits per heavy atom. The molecule has 0 bridgehead atoms. The molecule has 1 aliphatic rings. The number of benzene rings is 1. The van der Waals surface area contributed by atoms with Crippen molar-refractivity contribution in [2.24, 2.45) is 0 Å². The molecule has 0 N–H and O–H groups in total. The molecule has 2 aromatic rings. The minimum atomic E-state index is -0.327. The Bertz CT molecular complexity index is 686. The second-order valence-corrected chi connectivity index (χ2v) is 5.73. The van der Waals surface area contributed by atoms with Crippen molar-refractivity contribution in [3.63, 3.8) is 0 Å². The van der Waals surface area contributed by atoms with Gasteiger partial charge in [0.1, 0.15) is 0 Å². The molecule has 2 heterocycles. The van der Waals surface area contributed by atoms with Crippen LogP contribution in [0.25, 0.3) is 0 Å². The summed E-state index contributed by atoms with van der Waals surface area (Å²) in [6.07, 6.45) is 1.52. The molecule has 0 aliphatic carbocycles. The summed E-state index contributed by atoms with van der Waals surface area (Å²) < 4.78 is 9.86. The van der Waals surface area contributed by atoms with Gasteiger partial charge in [-0.05, 0) is 29.8 Å². The van der Waals surface area contributed by atoms with Gasteiger partial charge in [0.2, 0.25) is 0 Å². The third kappa shape index (κ3) is 3.65. The fourth-order valence-electron chi connectivity index (χ4n) is 2.79. The first kappa shape index (κ1) is 16.3. The number of carbonyl (C=O) groups excluding carboxylic acids is 2. The minimum Gasteiger partial charge on any atom is -0.465 e. The fraction of sp³-hybridized carbons (Fsp3) is 0.333. The van der Waals surface area contributed by atoms with Crippen LogP contribution < -0.4 is 0 Å². The second-order valence-electron chi connectivity index (χ2n) is 5.73. The smallest absolute Gasteiger partial charge is 0.337 e. The van der Waals surface area contributed by atoms with Gasteiger partial charge in [-0.15, -0.1) is 0 Å². The number of hydrogen-bond acceptors (Lipinski definition) is 5. The summed E-state index contributed by atoms with van der Waals surface area (Å²) in [5.41, 5.74) is 1.68. The lowest BCUT2D eigenvalue weighted by molar-refractivity contribution is 0.0594. The molecule has 0 saturated carbocycles. The standard InChI is InChI=1S/C18H20N2O4/c1-23-18(22)15-6-4-14(5-7-15)13-19-8-10-20(11-9-19)17(21)16-3-2-12-24-16/h2-7,12H,8-11,13H2,1H3. The van der Waals surface area contributed by atoms with E-state index >= 15 is 0 Å². The monoisotopic (exact) mass is 328 g/mol. The van der Waals surface area contributed by atoms with Gasteiger partial charge < -0.3 is 14.1 Å². The quantitative estimate of drug-likeness (QED) is 0.804. The average Bonchev–Trinajstić information content (AvgIpc) is 3.16. The first-order valence-corrected chi connectivity index (χ1v) is 7.90. The second kappa shape index (κ2) is 7.31. The Labute approximate surface area is 140 Å². The van der Waals surface area contributed by atoms with Crippen molar-refractivity contribution in [1.82, 2.24) is 9.80 Å². The lowest BCUT2D eigenvalue weighted by atomic mass is 10.1. The Morgan fingerprint density at radius 3 is 2.38 bits per heavy atom. The van der Waals surface area contributed by atoms with E-state index in [1.54, 1.807) is 24.3 Å². The summed E-state index contributed by atoms with van der Waals surface area (Å²) in [6, 6.07) is 10.8. The number of furan rings is 1. The molecule has 1 aromatic carbocycles. The molecule has 126 valence electrons. The zero-order chi connectivity index (χ0) is 16.9. The summed E-state index contributed by atoms with van der Waals surface area (Å²) in [5.74, 6) is 0.00975. The molecular weight excluding hydrogens is 308 g/mol. The van der Waals surface area contributed by atoms with Crippen molar-refractivity contribution in [3.05, 3.63) is 59.5 Å². The van der Waals surface area contributed by atoms with Gasteiger partial charge in [0.25, 0.3) is 5.91 Å². The van der Waals surface area contributed by atoms with Crippen molar-refractivity contribution in [2.45, 2.75) is 6.54 Å². The predicted molar refractivity (Wildman–Crippen MR) is 87.7 cm³/mol. The molecule has 1 saturated heterocycles. The molecule has 1 aliphatic heterocycles. The number of ether oxygens (including phenoxy) is 1. The van der Waals surface area contributed by atoms with Gasteiger partial charge in [-0.3, -0.25) is 9.69 Å². The zero-order valence-electron chi connectivity index (χ0n) is 13.6. The highest BCUT2D eigenvalue weighted by atomic mass is 16.5. The number of esters is 1. The van der Waals surface area contributed by atoms with Crippen molar-refractivity contribution < 1.29 is 18.7 Å². The number of amides is 1. The highest BCUT2D eigenvalue weighted by molar-refractivity contribution is 5.91. The normalized spacial score (nSPS) is 15.3. The summed E-state index contributed by atoms with van der Waals surface area (Å²) in [6.45, 7) is 3.78. The predicted octanol–water partition coefficient (Wildman–Crippen LogP) is 2.02. The van der Waals surface area contributed by atoms with Crippen LogP contribution in [0.4, 0.5) is 0 Å². The van der Waals surface area contributed by atoms with Crippen LogP contribution in [-0.4, -0.2) is 55.0 Å². The topological polar surface area (TPSA) is 63.0 Å². The Kier molecular flexibility index (Phi) is 4.96. The molecule has 24 heavy (non-hydrogen) atoms. The van der Waals surface area contributed by atoms with E-state index in [4.69, 9.17) is 9.15 Å². The van der Waals surface area contributed by atoms with Crippen LogP contribution in [0.5, 0.6) is 0 Å². The maximum Gasteiger partial charge on any atom is 0.337 e. The van der Waals surface area contributed by atoms with Crippen molar-refractivity contribution >= 4 is 11.9 Å². The maximum absolute atomic E-state index is 12.2. The number of hydrogen-bond donors (Lipinski definition) is 0. The molecule has 6 nitrogen and oxygen atoms in total. The minimum absolute atomic E-state index is 0.0536. The van der Waals surface area contributed by atoms with Gasteiger partial charge in [-0.25, -0.2) is 4.79 Å². The largest absolute Gasteiger partial charge is 0.465 e. The van der Waals surface area contributed by atoms with Crippen LogP contribution in [0.15, 0.2) is 47.1 Å². The molecule has 0 radical (unpaired) electrons. The summed E-state index contributed by atoms with van der Waals surface area (Å²) in [5, 5.41) is 0. The third-order valence-corrected chi connectivity index (χ3v) is 4.17. The molecule has 6 heteroatoms. The van der Waals surface area contributed by atoms with Gasteiger partial charge in [0.05, 0.1) is 18.9 Å². The van der Waals surface area contributed by atoms with Crippen LogP contribution in [-0.2, 0) is 11.3 Å². The van der Waals surface area contributed by atoms with Crippen LogP contribution in [0.3, 0.4) is 0 Å². The van der Waals surface area contributed by atoms with Crippen molar-refractivity contribution in [2.75, 3.05) is 33.3 Å². The highest BCUT2D eigenvalue weighted by Crippen LogP contribution is 2.13. The first-order valence-electron chi connectivity index (χ1n) is 7.90. The Balaban J connectivity index is 1.52. The average molecular weight is 328 g/mol. The van der Waals surface area contributed by atoms with E-state index in [-0.39, 0.29) is 11.9 Å². The van der Waals surface area contributed by atoms with E-state index in [1.807, 2.05) is 17.0 Å². The van der Waals surface area contributed by atoms with E-state index in [0.717, 1.165) is 25.2 Å². The Hall–Kier alpha value is -2.60. The highest BCUT2D eigenvalue weighted by Gasteiger charge is 2.23.